The van der Waals surface area contributed by atoms with Gasteiger partial charge in [0.05, 0.1) is 0 Å². The topological polar surface area (TPSA) is 21.3 Å². The Morgan fingerprint density at radius 2 is 1.74 bits per heavy atom. The second-order valence-electron chi connectivity index (χ2n) is 6.87. The normalized spacial score (nSPS) is 31.3. The molecule has 2 aliphatic rings. The molecule has 1 unspecified atom stereocenters. The first kappa shape index (κ1) is 15.3. The van der Waals surface area contributed by atoms with Crippen LogP contribution < -0.4 is 5.32 Å². The maximum Gasteiger partial charge on any atom is 0.0468 e. The van der Waals surface area contributed by atoms with E-state index in [1.54, 1.807) is 0 Å². The fraction of sp³-hybridized carbons (Fsp3) is 1.00. The molecule has 0 aromatic rings. The van der Waals surface area contributed by atoms with Gasteiger partial charge in [-0.25, -0.2) is 0 Å². The van der Waals surface area contributed by atoms with E-state index in [0.29, 0.717) is 0 Å². The summed E-state index contributed by atoms with van der Waals surface area (Å²) in [5, 5.41) is 3.86. The molecule has 1 heterocycles. The summed E-state index contributed by atoms with van der Waals surface area (Å²) >= 11 is 0. The van der Waals surface area contributed by atoms with E-state index in [-0.39, 0.29) is 0 Å². The fourth-order valence-corrected chi connectivity index (χ4v) is 3.80. The fourth-order valence-electron chi connectivity index (χ4n) is 3.80. The van der Waals surface area contributed by atoms with Crippen molar-refractivity contribution in [3.63, 3.8) is 0 Å². The first-order chi connectivity index (χ1) is 9.29. The Bertz CT molecular complexity index is 229. The van der Waals surface area contributed by atoms with Gasteiger partial charge in [0.1, 0.15) is 0 Å². The van der Waals surface area contributed by atoms with E-state index in [1.807, 2.05) is 0 Å². The van der Waals surface area contributed by atoms with Crippen LogP contribution in [0.4, 0.5) is 0 Å². The van der Waals surface area contributed by atoms with Crippen molar-refractivity contribution in [1.82, 2.24) is 5.32 Å². The number of rotatable bonds is 6. The van der Waals surface area contributed by atoms with Crippen molar-refractivity contribution in [1.29, 1.82) is 0 Å². The lowest BCUT2D eigenvalue weighted by molar-refractivity contribution is 0.0558. The van der Waals surface area contributed by atoms with Crippen molar-refractivity contribution in [2.45, 2.75) is 71.3 Å². The molecule has 1 aliphatic carbocycles. The Hall–Kier alpha value is -0.0800. The summed E-state index contributed by atoms with van der Waals surface area (Å²) in [6.45, 7) is 7.88. The summed E-state index contributed by atoms with van der Waals surface area (Å²) in [6.07, 6.45) is 11.0. The minimum atomic E-state index is 0.774. The van der Waals surface area contributed by atoms with Gasteiger partial charge in [0.2, 0.25) is 0 Å². The molecule has 0 aromatic heterocycles. The first-order valence-electron chi connectivity index (χ1n) is 8.60. The largest absolute Gasteiger partial charge is 0.381 e. The highest BCUT2D eigenvalue weighted by Gasteiger charge is 2.28. The van der Waals surface area contributed by atoms with Crippen molar-refractivity contribution < 1.29 is 4.74 Å². The zero-order valence-electron chi connectivity index (χ0n) is 13.0. The van der Waals surface area contributed by atoms with Crippen molar-refractivity contribution in [3.8, 4) is 0 Å². The molecule has 1 saturated heterocycles. The van der Waals surface area contributed by atoms with Gasteiger partial charge < -0.3 is 10.1 Å². The van der Waals surface area contributed by atoms with E-state index < -0.39 is 0 Å². The third kappa shape index (κ3) is 5.07. The van der Waals surface area contributed by atoms with E-state index in [9.17, 15) is 0 Å². The van der Waals surface area contributed by atoms with Gasteiger partial charge in [0, 0.05) is 19.3 Å². The minimum absolute atomic E-state index is 0.774. The van der Waals surface area contributed by atoms with Crippen LogP contribution in [0.1, 0.15) is 65.2 Å². The molecule has 1 atom stereocenters. The smallest absolute Gasteiger partial charge is 0.0468 e. The summed E-state index contributed by atoms with van der Waals surface area (Å²) in [6, 6.07) is 0.774. The Balaban J connectivity index is 1.83. The predicted octanol–water partition coefficient (Wildman–Crippen LogP) is 4.00. The van der Waals surface area contributed by atoms with E-state index in [4.69, 9.17) is 4.74 Å². The molecule has 0 amide bonds. The van der Waals surface area contributed by atoms with Crippen LogP contribution >= 0.6 is 0 Å². The Kier molecular flexibility index (Phi) is 6.66. The number of ether oxygens (including phenoxy) is 1. The lowest BCUT2D eigenvalue weighted by Gasteiger charge is -2.36. The lowest BCUT2D eigenvalue weighted by Crippen LogP contribution is -2.40. The van der Waals surface area contributed by atoms with Crippen LogP contribution in [0.3, 0.4) is 0 Å². The minimum Gasteiger partial charge on any atom is -0.381 e. The molecule has 0 radical (unpaired) electrons. The maximum atomic E-state index is 5.50. The van der Waals surface area contributed by atoms with Gasteiger partial charge in [-0.1, -0.05) is 26.7 Å². The maximum absolute atomic E-state index is 5.50. The van der Waals surface area contributed by atoms with E-state index in [1.165, 1.54) is 57.9 Å². The second-order valence-corrected chi connectivity index (χ2v) is 6.87. The molecule has 0 spiro atoms. The zero-order chi connectivity index (χ0) is 13.5. The summed E-state index contributed by atoms with van der Waals surface area (Å²) in [7, 11) is 0. The lowest BCUT2D eigenvalue weighted by atomic mass is 9.76. The van der Waals surface area contributed by atoms with Crippen molar-refractivity contribution in [3.05, 3.63) is 0 Å². The quantitative estimate of drug-likeness (QED) is 0.785. The third-order valence-electron chi connectivity index (χ3n) is 5.21. The van der Waals surface area contributed by atoms with Gasteiger partial charge in [-0.15, -0.1) is 0 Å². The molecule has 2 heteroatoms. The van der Waals surface area contributed by atoms with Crippen molar-refractivity contribution >= 4 is 0 Å². The molecular weight excluding hydrogens is 234 g/mol. The first-order valence-corrected chi connectivity index (χ1v) is 8.60. The Labute approximate surface area is 119 Å². The molecule has 1 saturated carbocycles. The van der Waals surface area contributed by atoms with Crippen molar-refractivity contribution in [2.75, 3.05) is 19.8 Å². The molecule has 2 fully saturated rings. The SMILES string of the molecule is CCCNC(CC1CCOCC1)C1CCC(C)CC1. The molecule has 2 nitrogen and oxygen atoms in total. The summed E-state index contributed by atoms with van der Waals surface area (Å²) in [4.78, 5) is 0. The molecule has 1 N–H and O–H groups in total. The Morgan fingerprint density at radius 3 is 2.37 bits per heavy atom. The second kappa shape index (κ2) is 8.26. The molecule has 1 aliphatic heterocycles. The summed E-state index contributed by atoms with van der Waals surface area (Å²) < 4.78 is 5.50. The standard InChI is InChI=1S/C17H33NO/c1-3-10-18-17(13-15-8-11-19-12-9-15)16-6-4-14(2)5-7-16/h14-18H,3-13H2,1-2H3. The summed E-state index contributed by atoms with van der Waals surface area (Å²) in [5.74, 6) is 2.80. The number of hydrogen-bond donors (Lipinski definition) is 1. The van der Waals surface area contributed by atoms with E-state index in [2.05, 4.69) is 19.2 Å². The molecule has 19 heavy (non-hydrogen) atoms. The summed E-state index contributed by atoms with van der Waals surface area (Å²) in [5.41, 5.74) is 0. The molecule has 0 aromatic carbocycles. The van der Waals surface area contributed by atoms with Crippen LogP contribution in [0, 0.1) is 17.8 Å². The average molecular weight is 267 g/mol. The highest BCUT2D eigenvalue weighted by atomic mass is 16.5. The van der Waals surface area contributed by atoms with Crippen LogP contribution in [0.15, 0.2) is 0 Å². The van der Waals surface area contributed by atoms with Crippen molar-refractivity contribution in [2.24, 2.45) is 17.8 Å². The van der Waals surface area contributed by atoms with Gasteiger partial charge in [-0.3, -0.25) is 0 Å². The van der Waals surface area contributed by atoms with Crippen LogP contribution in [0.2, 0.25) is 0 Å². The number of hydrogen-bond acceptors (Lipinski definition) is 2. The number of nitrogens with one attached hydrogen (secondary N) is 1. The highest BCUT2D eigenvalue weighted by Crippen LogP contribution is 2.33. The molecule has 2 rings (SSSR count). The van der Waals surface area contributed by atoms with Gasteiger partial charge in [-0.2, -0.15) is 0 Å². The van der Waals surface area contributed by atoms with Gasteiger partial charge >= 0.3 is 0 Å². The predicted molar refractivity (Wildman–Crippen MR) is 81.4 cm³/mol. The van der Waals surface area contributed by atoms with Crippen LogP contribution in [-0.4, -0.2) is 25.8 Å². The third-order valence-corrected chi connectivity index (χ3v) is 5.21. The average Bonchev–Trinajstić information content (AvgIpc) is 2.45. The van der Waals surface area contributed by atoms with Gasteiger partial charge in [0.15, 0.2) is 0 Å². The van der Waals surface area contributed by atoms with Gasteiger partial charge in [-0.05, 0) is 62.8 Å². The Morgan fingerprint density at radius 1 is 1.05 bits per heavy atom. The molecular formula is C17H33NO. The van der Waals surface area contributed by atoms with Gasteiger partial charge in [0.25, 0.3) is 0 Å². The van der Waals surface area contributed by atoms with Crippen LogP contribution in [-0.2, 0) is 4.74 Å². The highest BCUT2D eigenvalue weighted by molar-refractivity contribution is 4.83. The van der Waals surface area contributed by atoms with E-state index >= 15 is 0 Å². The molecule has 112 valence electrons. The molecule has 0 bridgehead atoms. The van der Waals surface area contributed by atoms with Crippen LogP contribution in [0.25, 0.3) is 0 Å². The van der Waals surface area contributed by atoms with Crippen LogP contribution in [0.5, 0.6) is 0 Å². The monoisotopic (exact) mass is 267 g/mol. The zero-order valence-corrected chi connectivity index (χ0v) is 13.0. The van der Waals surface area contributed by atoms with E-state index in [0.717, 1.165) is 37.0 Å².